The van der Waals surface area contributed by atoms with E-state index in [0.29, 0.717) is 12.8 Å². The number of hydrogen-bond acceptors (Lipinski definition) is 11. The van der Waals surface area contributed by atoms with Crippen LogP contribution >= 0.6 is 7.82 Å². The van der Waals surface area contributed by atoms with Gasteiger partial charge in [0.05, 0.1) is 13.2 Å². The van der Waals surface area contributed by atoms with E-state index in [2.05, 4.69) is 47.9 Å². The zero-order valence-corrected chi connectivity index (χ0v) is 25.2. The van der Waals surface area contributed by atoms with Gasteiger partial charge in [-0.3, -0.25) is 13.8 Å². The molecule has 0 amide bonds. The molecule has 0 radical (unpaired) electrons. The molecule has 1 saturated carbocycles. The number of carbonyl (C=O) groups excluding carboxylic acids is 1. The fourth-order valence-electron chi connectivity index (χ4n) is 3.98. The molecule has 0 aromatic carbocycles. The number of esters is 1. The molecule has 0 saturated heterocycles. The van der Waals surface area contributed by atoms with E-state index in [1.807, 2.05) is 12.2 Å². The fraction of sp³-hybridized carbons (Fsp3) is 0.690. The molecule has 13 heteroatoms. The highest BCUT2D eigenvalue weighted by atomic mass is 31.2. The summed E-state index contributed by atoms with van der Waals surface area (Å²) in [5.41, 5.74) is 0. The van der Waals surface area contributed by atoms with Crippen LogP contribution in [0.2, 0.25) is 0 Å². The second-order valence-electron chi connectivity index (χ2n) is 10.1. The zero-order valence-electron chi connectivity index (χ0n) is 24.3. The van der Waals surface area contributed by atoms with Crippen molar-refractivity contribution in [3.63, 3.8) is 0 Å². The van der Waals surface area contributed by atoms with Gasteiger partial charge in [-0.05, 0) is 44.9 Å². The number of aliphatic hydroxyl groups is 6. The minimum atomic E-state index is -5.02. The topological polar surface area (TPSA) is 203 Å². The summed E-state index contributed by atoms with van der Waals surface area (Å²) in [5.74, 6) is -0.652. The summed E-state index contributed by atoms with van der Waals surface area (Å²) in [4.78, 5) is 22.0. The maximum Gasteiger partial charge on any atom is 0.472 e. The number of aliphatic hydroxyl groups excluding tert-OH is 6. The molecule has 0 aromatic heterocycles. The summed E-state index contributed by atoms with van der Waals surface area (Å²) in [6.45, 7) is 0.728. The first-order valence-electron chi connectivity index (χ1n) is 14.5. The Kier molecular flexibility index (Phi) is 20.0. The summed E-state index contributed by atoms with van der Waals surface area (Å²) in [6.07, 6.45) is 12.4. The van der Waals surface area contributed by atoms with Gasteiger partial charge in [0.15, 0.2) is 0 Å². The summed E-state index contributed by atoms with van der Waals surface area (Å²) in [7, 11) is -5.02. The molecule has 1 fully saturated rings. The van der Waals surface area contributed by atoms with Crippen LogP contribution < -0.4 is 0 Å². The van der Waals surface area contributed by atoms with Gasteiger partial charge in [-0.2, -0.15) is 0 Å². The van der Waals surface area contributed by atoms with Gasteiger partial charge >= 0.3 is 13.8 Å². The second-order valence-corrected chi connectivity index (χ2v) is 11.5. The first kappa shape index (κ1) is 38.3. The molecule has 0 heterocycles. The van der Waals surface area contributed by atoms with Gasteiger partial charge in [0, 0.05) is 6.42 Å². The van der Waals surface area contributed by atoms with Crippen LogP contribution in [0.4, 0.5) is 0 Å². The molecule has 1 aliphatic carbocycles. The highest BCUT2D eigenvalue weighted by molar-refractivity contribution is 7.47. The third-order valence-electron chi connectivity index (χ3n) is 6.46. The van der Waals surface area contributed by atoms with Crippen molar-refractivity contribution in [3.8, 4) is 0 Å². The molecule has 1 aliphatic rings. The van der Waals surface area contributed by atoms with E-state index in [4.69, 9.17) is 9.26 Å². The number of allylic oxidation sites excluding steroid dienone is 8. The Balaban J connectivity index is 2.25. The predicted octanol–water partition coefficient (Wildman–Crippen LogP) is 2.36. The standard InChI is InChI=1S/C29H49O12P/c1-2-3-4-5-6-7-8-9-10-11-12-13-14-15-16-17-18-19-23(31)40-22(20-30)21-39-42(37,38)41-29-27(35)25(33)24(32)26(34)28(29)36/h6-7,9-10,12-13,15-16,22,24-30,32-36H,2-5,8,11,14,17-21H2,1H3,(H,37,38)/b7-6-,10-9-,13-12-,16-15-/t22-,24?,25-,26+,27-,28-,29?/m1/s1. The number of rotatable bonds is 21. The Morgan fingerprint density at radius 2 is 1.24 bits per heavy atom. The van der Waals surface area contributed by atoms with Crippen molar-refractivity contribution in [2.75, 3.05) is 13.2 Å². The largest absolute Gasteiger partial charge is 0.472 e. The zero-order chi connectivity index (χ0) is 31.4. The predicted molar refractivity (Wildman–Crippen MR) is 156 cm³/mol. The Bertz CT molecular complexity index is 889. The summed E-state index contributed by atoms with van der Waals surface area (Å²) >= 11 is 0. The summed E-state index contributed by atoms with van der Waals surface area (Å²) < 4.78 is 26.7. The van der Waals surface area contributed by atoms with Crippen LogP contribution in [0.25, 0.3) is 0 Å². The van der Waals surface area contributed by atoms with Crippen LogP contribution in [0.1, 0.15) is 71.1 Å². The van der Waals surface area contributed by atoms with Crippen LogP contribution in [0.5, 0.6) is 0 Å². The van der Waals surface area contributed by atoms with Crippen LogP contribution in [0.15, 0.2) is 48.6 Å². The summed E-state index contributed by atoms with van der Waals surface area (Å²) in [6, 6.07) is 0. The highest BCUT2D eigenvalue weighted by Gasteiger charge is 2.51. The molecule has 8 atom stereocenters. The number of phosphoric ester groups is 1. The minimum absolute atomic E-state index is 0.0420. The number of phosphoric acid groups is 1. The van der Waals surface area contributed by atoms with E-state index in [1.54, 1.807) is 0 Å². The van der Waals surface area contributed by atoms with E-state index < -0.39 is 69.7 Å². The Morgan fingerprint density at radius 1 is 0.762 bits per heavy atom. The van der Waals surface area contributed by atoms with Crippen molar-refractivity contribution < 1.29 is 58.7 Å². The van der Waals surface area contributed by atoms with Crippen LogP contribution in [-0.2, 0) is 23.1 Å². The quantitative estimate of drug-likeness (QED) is 0.0428. The minimum Gasteiger partial charge on any atom is -0.457 e. The van der Waals surface area contributed by atoms with Crippen molar-refractivity contribution in [2.45, 2.75) is 114 Å². The van der Waals surface area contributed by atoms with Crippen LogP contribution in [0.3, 0.4) is 0 Å². The lowest BCUT2D eigenvalue weighted by Gasteiger charge is -2.41. The Morgan fingerprint density at radius 3 is 1.74 bits per heavy atom. The average molecular weight is 621 g/mol. The third-order valence-corrected chi connectivity index (χ3v) is 7.45. The first-order valence-corrected chi connectivity index (χ1v) is 16.0. The van der Waals surface area contributed by atoms with Gasteiger partial charge in [0.25, 0.3) is 0 Å². The van der Waals surface area contributed by atoms with Crippen LogP contribution in [0, 0.1) is 0 Å². The Hall–Kier alpha value is -1.70. The molecule has 0 aromatic rings. The number of carbonyl (C=O) groups is 1. The van der Waals surface area contributed by atoms with E-state index in [1.165, 1.54) is 19.3 Å². The average Bonchev–Trinajstić information content (AvgIpc) is 2.97. The second kappa shape index (κ2) is 21.9. The lowest BCUT2D eigenvalue weighted by atomic mass is 9.85. The van der Waals surface area contributed by atoms with Crippen molar-refractivity contribution in [3.05, 3.63) is 48.6 Å². The highest BCUT2D eigenvalue weighted by Crippen LogP contribution is 2.47. The first-order chi connectivity index (χ1) is 20.0. The third kappa shape index (κ3) is 15.7. The monoisotopic (exact) mass is 620 g/mol. The molecule has 0 spiro atoms. The van der Waals surface area contributed by atoms with Gasteiger partial charge in [-0.25, -0.2) is 4.57 Å². The summed E-state index contributed by atoms with van der Waals surface area (Å²) in [5, 5.41) is 58.3. The number of unbranched alkanes of at least 4 members (excludes halogenated alkanes) is 4. The maximum absolute atomic E-state index is 12.2. The molecule has 0 bridgehead atoms. The molecule has 3 unspecified atom stereocenters. The lowest BCUT2D eigenvalue weighted by Crippen LogP contribution is -2.64. The van der Waals surface area contributed by atoms with E-state index in [0.717, 1.165) is 25.7 Å². The van der Waals surface area contributed by atoms with Crippen molar-refractivity contribution in [1.29, 1.82) is 0 Å². The van der Waals surface area contributed by atoms with Gasteiger partial charge in [0.2, 0.25) is 0 Å². The molecular weight excluding hydrogens is 571 g/mol. The van der Waals surface area contributed by atoms with Crippen molar-refractivity contribution >= 4 is 13.8 Å². The van der Waals surface area contributed by atoms with Gasteiger partial charge < -0.3 is 40.3 Å². The normalized spacial score (nSPS) is 27.3. The SMILES string of the molecule is CCCCC/C=C\C/C=C\C/C=C\C/C=C\CCCC(=O)O[C@H](CO)COP(=O)(O)OC1[C@H](O)[C@H](O)C(O)[C@H](O)[C@H]1O. The van der Waals surface area contributed by atoms with Crippen molar-refractivity contribution in [2.24, 2.45) is 0 Å². The molecule has 7 N–H and O–H groups in total. The van der Waals surface area contributed by atoms with Gasteiger partial charge in [-0.15, -0.1) is 0 Å². The fourth-order valence-corrected chi connectivity index (χ4v) is 4.95. The van der Waals surface area contributed by atoms with Gasteiger partial charge in [0.1, 0.15) is 42.7 Å². The van der Waals surface area contributed by atoms with Gasteiger partial charge in [-0.1, -0.05) is 68.4 Å². The number of ether oxygens (including phenoxy) is 1. The van der Waals surface area contributed by atoms with E-state index in [9.17, 15) is 44.9 Å². The Labute approximate surface area is 248 Å². The number of hydrogen-bond donors (Lipinski definition) is 7. The maximum atomic E-state index is 12.2. The molecule has 42 heavy (non-hydrogen) atoms. The molecule has 242 valence electrons. The van der Waals surface area contributed by atoms with E-state index >= 15 is 0 Å². The molecule has 12 nitrogen and oxygen atoms in total. The van der Waals surface area contributed by atoms with E-state index in [-0.39, 0.29) is 6.42 Å². The molecule has 1 rings (SSSR count). The molecule has 0 aliphatic heterocycles. The molecular formula is C29H49O12P. The van der Waals surface area contributed by atoms with Crippen LogP contribution in [-0.4, -0.2) is 97.4 Å². The smallest absolute Gasteiger partial charge is 0.457 e. The lowest BCUT2D eigenvalue weighted by molar-refractivity contribution is -0.220. The van der Waals surface area contributed by atoms with Crippen molar-refractivity contribution in [1.82, 2.24) is 0 Å².